The third-order valence-electron chi connectivity index (χ3n) is 4.08. The van der Waals surface area contributed by atoms with Crippen molar-refractivity contribution >= 4 is 23.2 Å². The average molecular weight is 375 g/mol. The first kappa shape index (κ1) is 18.8. The van der Waals surface area contributed by atoms with Crippen molar-refractivity contribution in [2.24, 2.45) is 5.41 Å². The molecule has 0 amide bonds. The number of hydrogen-bond acceptors (Lipinski definition) is 4. The standard InChI is InChI=1S/C22H21N3OS/c1-22(2,3)21(26)17(13-23)12-18-15-25(14-16-8-5-4-6-9-16)24-20(18)19-10-7-11-27-19/h4-12,15H,14H2,1-3H3. The van der Waals surface area contributed by atoms with Crippen LogP contribution in [0.4, 0.5) is 0 Å². The number of aromatic nitrogens is 2. The fraction of sp³-hybridized carbons (Fsp3) is 0.227. The van der Waals surface area contributed by atoms with Gasteiger partial charge in [-0.15, -0.1) is 11.3 Å². The van der Waals surface area contributed by atoms with E-state index in [1.807, 2.05) is 79.5 Å². The number of carbonyl (C=O) groups is 1. The zero-order valence-corrected chi connectivity index (χ0v) is 16.5. The number of ketones is 1. The molecule has 0 aliphatic heterocycles. The van der Waals surface area contributed by atoms with Crippen LogP contribution in [0.5, 0.6) is 0 Å². The molecule has 4 nitrogen and oxygen atoms in total. The van der Waals surface area contributed by atoms with E-state index in [-0.39, 0.29) is 11.4 Å². The zero-order valence-electron chi connectivity index (χ0n) is 15.6. The van der Waals surface area contributed by atoms with Gasteiger partial charge in [0.1, 0.15) is 11.8 Å². The molecule has 1 aromatic carbocycles. The molecule has 0 aliphatic rings. The molecule has 0 saturated heterocycles. The monoisotopic (exact) mass is 375 g/mol. The Bertz CT molecular complexity index is 1000. The SMILES string of the molecule is CC(C)(C)C(=O)C(C#N)=Cc1cn(Cc2ccccc2)nc1-c1cccs1. The van der Waals surface area contributed by atoms with Gasteiger partial charge < -0.3 is 0 Å². The smallest absolute Gasteiger partial charge is 0.178 e. The van der Waals surface area contributed by atoms with Gasteiger partial charge >= 0.3 is 0 Å². The molecule has 0 spiro atoms. The van der Waals surface area contributed by atoms with Crippen LogP contribution < -0.4 is 0 Å². The summed E-state index contributed by atoms with van der Waals surface area (Å²) in [5, 5.41) is 16.2. The maximum Gasteiger partial charge on any atom is 0.178 e. The summed E-state index contributed by atoms with van der Waals surface area (Å²) in [4.78, 5) is 13.6. The van der Waals surface area contributed by atoms with E-state index in [9.17, 15) is 10.1 Å². The highest BCUT2D eigenvalue weighted by Crippen LogP contribution is 2.29. The normalized spacial score (nSPS) is 12.0. The second kappa shape index (κ2) is 7.73. The van der Waals surface area contributed by atoms with Crippen LogP contribution in [0.2, 0.25) is 0 Å². The lowest BCUT2D eigenvalue weighted by Gasteiger charge is -2.15. The van der Waals surface area contributed by atoms with Gasteiger partial charge in [-0.2, -0.15) is 10.4 Å². The van der Waals surface area contributed by atoms with Crippen molar-refractivity contribution in [3.8, 4) is 16.6 Å². The molecule has 136 valence electrons. The number of hydrogen-bond donors (Lipinski definition) is 0. The topological polar surface area (TPSA) is 58.7 Å². The van der Waals surface area contributed by atoms with Gasteiger partial charge in [-0.05, 0) is 23.1 Å². The number of benzene rings is 1. The van der Waals surface area contributed by atoms with Crippen LogP contribution in [0, 0.1) is 16.7 Å². The molecule has 0 saturated carbocycles. The molecule has 0 atom stereocenters. The minimum atomic E-state index is -0.606. The van der Waals surface area contributed by atoms with E-state index in [0.29, 0.717) is 6.54 Å². The summed E-state index contributed by atoms with van der Waals surface area (Å²) in [6.07, 6.45) is 3.56. The van der Waals surface area contributed by atoms with Crippen molar-refractivity contribution in [1.82, 2.24) is 9.78 Å². The summed E-state index contributed by atoms with van der Waals surface area (Å²) in [5.41, 5.74) is 2.25. The Kier molecular flexibility index (Phi) is 5.38. The van der Waals surface area contributed by atoms with Crippen LogP contribution in [0.3, 0.4) is 0 Å². The molecule has 0 unspecified atom stereocenters. The molecule has 3 aromatic rings. The number of Topliss-reactive ketones (excluding diaryl/α,β-unsaturated/α-hetero) is 1. The highest BCUT2D eigenvalue weighted by molar-refractivity contribution is 7.13. The molecule has 2 aromatic heterocycles. The summed E-state index contributed by atoms with van der Waals surface area (Å²) in [6, 6.07) is 16.1. The molecule has 0 fully saturated rings. The second-order valence-corrected chi connectivity index (χ2v) is 8.29. The van der Waals surface area contributed by atoms with E-state index in [1.54, 1.807) is 17.4 Å². The first-order valence-corrected chi connectivity index (χ1v) is 9.58. The van der Waals surface area contributed by atoms with Gasteiger partial charge in [-0.1, -0.05) is 57.2 Å². The van der Waals surface area contributed by atoms with Gasteiger partial charge in [0.25, 0.3) is 0 Å². The van der Waals surface area contributed by atoms with Crippen LogP contribution in [-0.2, 0) is 11.3 Å². The van der Waals surface area contributed by atoms with E-state index < -0.39 is 5.41 Å². The molecule has 0 aliphatic carbocycles. The number of rotatable bonds is 5. The molecule has 27 heavy (non-hydrogen) atoms. The summed E-state index contributed by atoms with van der Waals surface area (Å²) < 4.78 is 1.85. The number of carbonyl (C=O) groups excluding carboxylic acids is 1. The van der Waals surface area contributed by atoms with E-state index in [1.165, 1.54) is 0 Å². The number of nitriles is 1. The molecule has 5 heteroatoms. The third kappa shape index (κ3) is 4.42. The highest BCUT2D eigenvalue weighted by Gasteiger charge is 2.25. The molecular formula is C22H21N3OS. The minimum absolute atomic E-state index is 0.152. The average Bonchev–Trinajstić information content (AvgIpc) is 3.28. The highest BCUT2D eigenvalue weighted by atomic mass is 32.1. The Labute approximate surface area is 163 Å². The van der Waals surface area contributed by atoms with E-state index in [2.05, 4.69) is 6.07 Å². The summed E-state index contributed by atoms with van der Waals surface area (Å²) in [5.74, 6) is -0.169. The van der Waals surface area contributed by atoms with Crippen LogP contribution in [-0.4, -0.2) is 15.6 Å². The number of nitrogens with zero attached hydrogens (tertiary/aromatic N) is 3. The molecule has 0 radical (unpaired) electrons. The lowest BCUT2D eigenvalue weighted by Crippen LogP contribution is -2.21. The molecule has 0 N–H and O–H groups in total. The molecule has 2 heterocycles. The van der Waals surface area contributed by atoms with Crippen molar-refractivity contribution in [2.45, 2.75) is 27.3 Å². The van der Waals surface area contributed by atoms with Crippen molar-refractivity contribution in [3.63, 3.8) is 0 Å². The van der Waals surface area contributed by atoms with Gasteiger partial charge in [-0.3, -0.25) is 9.48 Å². The zero-order chi connectivity index (χ0) is 19.4. The maximum absolute atomic E-state index is 12.6. The fourth-order valence-electron chi connectivity index (χ4n) is 2.71. The number of thiophene rings is 1. The van der Waals surface area contributed by atoms with Gasteiger partial charge in [-0.25, -0.2) is 0 Å². The van der Waals surface area contributed by atoms with E-state index in [0.717, 1.165) is 21.7 Å². The Hall–Kier alpha value is -2.97. The van der Waals surface area contributed by atoms with Crippen LogP contribution in [0.25, 0.3) is 16.6 Å². The Morgan fingerprint density at radius 3 is 2.56 bits per heavy atom. The summed E-state index contributed by atoms with van der Waals surface area (Å²) >= 11 is 1.59. The first-order chi connectivity index (χ1) is 12.9. The Morgan fingerprint density at radius 2 is 1.96 bits per heavy atom. The summed E-state index contributed by atoms with van der Waals surface area (Å²) in [7, 11) is 0. The first-order valence-electron chi connectivity index (χ1n) is 8.70. The largest absolute Gasteiger partial charge is 0.293 e. The van der Waals surface area contributed by atoms with Gasteiger partial charge in [0, 0.05) is 17.2 Å². The lowest BCUT2D eigenvalue weighted by atomic mass is 9.86. The molecular weight excluding hydrogens is 354 g/mol. The third-order valence-corrected chi connectivity index (χ3v) is 4.95. The lowest BCUT2D eigenvalue weighted by molar-refractivity contribution is -0.121. The van der Waals surface area contributed by atoms with Crippen LogP contribution >= 0.6 is 11.3 Å². The van der Waals surface area contributed by atoms with Gasteiger partial charge in [0.2, 0.25) is 0 Å². The van der Waals surface area contributed by atoms with Crippen LogP contribution in [0.1, 0.15) is 31.9 Å². The fourth-order valence-corrected chi connectivity index (χ4v) is 3.44. The predicted octanol–water partition coefficient (Wildman–Crippen LogP) is 5.18. The summed E-state index contributed by atoms with van der Waals surface area (Å²) in [6.45, 7) is 6.08. The van der Waals surface area contributed by atoms with Crippen molar-refractivity contribution in [3.05, 3.63) is 70.7 Å². The minimum Gasteiger partial charge on any atom is -0.293 e. The van der Waals surface area contributed by atoms with Crippen molar-refractivity contribution in [2.75, 3.05) is 0 Å². The van der Waals surface area contributed by atoms with Crippen molar-refractivity contribution in [1.29, 1.82) is 5.26 Å². The number of allylic oxidation sites excluding steroid dienone is 1. The van der Waals surface area contributed by atoms with E-state index in [4.69, 9.17) is 5.10 Å². The molecule has 0 bridgehead atoms. The Balaban J connectivity index is 2.04. The molecule has 3 rings (SSSR count). The maximum atomic E-state index is 12.6. The van der Waals surface area contributed by atoms with Gasteiger partial charge in [0.15, 0.2) is 5.78 Å². The van der Waals surface area contributed by atoms with Crippen molar-refractivity contribution < 1.29 is 4.79 Å². The van der Waals surface area contributed by atoms with Crippen LogP contribution in [0.15, 0.2) is 59.6 Å². The van der Waals surface area contributed by atoms with Gasteiger partial charge in [0.05, 0.1) is 17.0 Å². The van der Waals surface area contributed by atoms with E-state index >= 15 is 0 Å². The predicted molar refractivity (Wildman–Crippen MR) is 109 cm³/mol. The quantitative estimate of drug-likeness (QED) is 0.456. The second-order valence-electron chi connectivity index (χ2n) is 7.34. The Morgan fingerprint density at radius 1 is 1.22 bits per heavy atom.